The van der Waals surface area contributed by atoms with Crippen molar-refractivity contribution in [2.45, 2.75) is 6.92 Å². The lowest BCUT2D eigenvalue weighted by Crippen LogP contribution is -2.21. The van der Waals surface area contributed by atoms with Crippen LogP contribution in [0.3, 0.4) is 0 Å². The molecule has 7 heteroatoms. The SMILES string of the molecule is CCOC(=O)c1ccc(NC(=O)COC(=O)c2ccc[nH]2)cc1. The average Bonchev–Trinajstić information content (AvgIpc) is 3.08. The molecule has 2 rings (SSSR count). The zero-order chi connectivity index (χ0) is 16.7. The minimum absolute atomic E-state index is 0.275. The van der Waals surface area contributed by atoms with E-state index in [1.54, 1.807) is 49.5 Å². The predicted molar refractivity (Wildman–Crippen MR) is 82.1 cm³/mol. The number of nitrogens with one attached hydrogen (secondary N) is 2. The third-order valence-electron chi connectivity index (χ3n) is 2.83. The Balaban J connectivity index is 1.83. The fourth-order valence-electron chi connectivity index (χ4n) is 1.77. The third kappa shape index (κ3) is 4.70. The van der Waals surface area contributed by atoms with Crippen LogP contribution in [-0.2, 0) is 14.3 Å². The number of H-pyrrole nitrogens is 1. The van der Waals surface area contributed by atoms with E-state index in [0.717, 1.165) is 0 Å². The Morgan fingerprint density at radius 3 is 2.39 bits per heavy atom. The first-order chi connectivity index (χ1) is 11.1. The number of aromatic nitrogens is 1. The van der Waals surface area contributed by atoms with Gasteiger partial charge in [0, 0.05) is 11.9 Å². The van der Waals surface area contributed by atoms with Crippen molar-refractivity contribution < 1.29 is 23.9 Å². The highest BCUT2D eigenvalue weighted by Gasteiger charge is 2.11. The first-order valence-electron chi connectivity index (χ1n) is 6.97. The molecule has 7 nitrogen and oxygen atoms in total. The first kappa shape index (κ1) is 16.3. The number of benzene rings is 1. The topological polar surface area (TPSA) is 97.5 Å². The van der Waals surface area contributed by atoms with Crippen molar-refractivity contribution in [1.82, 2.24) is 4.98 Å². The molecule has 1 aromatic heterocycles. The van der Waals surface area contributed by atoms with Crippen molar-refractivity contribution in [2.75, 3.05) is 18.5 Å². The van der Waals surface area contributed by atoms with Crippen LogP contribution in [0, 0.1) is 0 Å². The van der Waals surface area contributed by atoms with Gasteiger partial charge in [0.15, 0.2) is 6.61 Å². The van der Waals surface area contributed by atoms with Crippen LogP contribution in [0.25, 0.3) is 0 Å². The molecule has 0 radical (unpaired) electrons. The van der Waals surface area contributed by atoms with Crippen LogP contribution in [0.4, 0.5) is 5.69 Å². The van der Waals surface area contributed by atoms with E-state index in [9.17, 15) is 14.4 Å². The zero-order valence-corrected chi connectivity index (χ0v) is 12.5. The summed E-state index contributed by atoms with van der Waals surface area (Å²) in [6.07, 6.45) is 1.59. The molecular formula is C16H16N2O5. The van der Waals surface area contributed by atoms with Gasteiger partial charge in [-0.3, -0.25) is 4.79 Å². The molecule has 0 atom stereocenters. The molecule has 0 unspecified atom stereocenters. The number of anilines is 1. The Morgan fingerprint density at radius 2 is 1.78 bits per heavy atom. The van der Waals surface area contributed by atoms with Gasteiger partial charge in [0.1, 0.15) is 5.69 Å². The molecule has 0 aliphatic carbocycles. The fourth-order valence-corrected chi connectivity index (χ4v) is 1.77. The maximum absolute atomic E-state index is 11.7. The van der Waals surface area contributed by atoms with Gasteiger partial charge in [0.2, 0.25) is 0 Å². The van der Waals surface area contributed by atoms with Crippen molar-refractivity contribution in [1.29, 1.82) is 0 Å². The first-order valence-corrected chi connectivity index (χ1v) is 6.97. The number of hydrogen-bond donors (Lipinski definition) is 2. The fraction of sp³-hybridized carbons (Fsp3) is 0.188. The summed E-state index contributed by atoms with van der Waals surface area (Å²) in [5, 5.41) is 2.56. The number of amides is 1. The van der Waals surface area contributed by atoms with Gasteiger partial charge >= 0.3 is 11.9 Å². The summed E-state index contributed by atoms with van der Waals surface area (Å²) < 4.78 is 9.72. The average molecular weight is 316 g/mol. The van der Waals surface area contributed by atoms with Gasteiger partial charge in [-0.1, -0.05) is 0 Å². The maximum atomic E-state index is 11.7. The lowest BCUT2D eigenvalue weighted by Gasteiger charge is -2.07. The summed E-state index contributed by atoms with van der Waals surface area (Å²) in [6, 6.07) is 9.42. The summed E-state index contributed by atoms with van der Waals surface area (Å²) in [5.41, 5.74) is 1.15. The van der Waals surface area contributed by atoms with E-state index in [-0.39, 0.29) is 5.69 Å². The molecule has 0 aliphatic rings. The van der Waals surface area contributed by atoms with Crippen LogP contribution in [0.5, 0.6) is 0 Å². The van der Waals surface area contributed by atoms with Crippen LogP contribution in [0.2, 0.25) is 0 Å². The van der Waals surface area contributed by atoms with Crippen LogP contribution in [0.15, 0.2) is 42.6 Å². The van der Waals surface area contributed by atoms with E-state index in [1.165, 1.54) is 0 Å². The molecule has 0 saturated carbocycles. The van der Waals surface area contributed by atoms with Crippen molar-refractivity contribution in [3.05, 3.63) is 53.9 Å². The molecule has 0 spiro atoms. The summed E-state index contributed by atoms with van der Waals surface area (Å²) >= 11 is 0. The smallest absolute Gasteiger partial charge is 0.355 e. The molecule has 0 aliphatic heterocycles. The standard InChI is InChI=1S/C16H16N2O5/c1-2-22-15(20)11-5-7-12(8-6-11)18-14(19)10-23-16(21)13-4-3-9-17-13/h3-9,17H,2,10H2,1H3,(H,18,19). The lowest BCUT2D eigenvalue weighted by atomic mass is 10.2. The van der Waals surface area contributed by atoms with Crippen LogP contribution < -0.4 is 5.32 Å². The van der Waals surface area contributed by atoms with Gasteiger partial charge in [0.05, 0.1) is 12.2 Å². The number of hydrogen-bond acceptors (Lipinski definition) is 5. The summed E-state index contributed by atoms with van der Waals surface area (Å²) in [4.78, 5) is 37.5. The minimum Gasteiger partial charge on any atom is -0.462 e. The van der Waals surface area contributed by atoms with E-state index in [2.05, 4.69) is 10.3 Å². The highest BCUT2D eigenvalue weighted by Crippen LogP contribution is 2.10. The van der Waals surface area contributed by atoms with E-state index in [4.69, 9.17) is 9.47 Å². The van der Waals surface area contributed by atoms with Crippen LogP contribution in [-0.4, -0.2) is 36.0 Å². The Morgan fingerprint density at radius 1 is 1.04 bits per heavy atom. The quantitative estimate of drug-likeness (QED) is 0.794. The molecule has 120 valence electrons. The summed E-state index contributed by atoms with van der Waals surface area (Å²) in [5.74, 6) is -1.51. The lowest BCUT2D eigenvalue weighted by molar-refractivity contribution is -0.119. The molecule has 2 N–H and O–H groups in total. The largest absolute Gasteiger partial charge is 0.462 e. The number of ether oxygens (including phenoxy) is 2. The van der Waals surface area contributed by atoms with E-state index in [0.29, 0.717) is 17.9 Å². The Labute approximate surface area is 132 Å². The summed E-state index contributed by atoms with van der Waals surface area (Å²) in [7, 11) is 0. The van der Waals surface area contributed by atoms with Crippen LogP contribution >= 0.6 is 0 Å². The number of rotatable bonds is 6. The van der Waals surface area contributed by atoms with Crippen molar-refractivity contribution in [2.24, 2.45) is 0 Å². The predicted octanol–water partition coefficient (Wildman–Crippen LogP) is 1.99. The monoisotopic (exact) mass is 316 g/mol. The number of carbonyl (C=O) groups is 3. The molecule has 2 aromatic rings. The Hall–Kier alpha value is -3.09. The minimum atomic E-state index is -0.609. The van der Waals surface area contributed by atoms with E-state index in [1.807, 2.05) is 0 Å². The molecule has 23 heavy (non-hydrogen) atoms. The van der Waals surface area contributed by atoms with Gasteiger partial charge < -0.3 is 19.8 Å². The Kier molecular flexibility index (Phi) is 5.51. The van der Waals surface area contributed by atoms with Crippen LogP contribution in [0.1, 0.15) is 27.8 Å². The summed E-state index contributed by atoms with van der Waals surface area (Å²) in [6.45, 7) is 1.61. The molecule has 0 fully saturated rings. The number of esters is 2. The van der Waals surface area contributed by atoms with E-state index >= 15 is 0 Å². The van der Waals surface area contributed by atoms with Gasteiger partial charge in [-0.15, -0.1) is 0 Å². The van der Waals surface area contributed by atoms with Crippen molar-refractivity contribution >= 4 is 23.5 Å². The number of carbonyl (C=O) groups excluding carboxylic acids is 3. The highest BCUT2D eigenvalue weighted by atomic mass is 16.5. The molecule has 1 aromatic carbocycles. The normalized spacial score (nSPS) is 9.96. The zero-order valence-electron chi connectivity index (χ0n) is 12.5. The van der Waals surface area contributed by atoms with Gasteiger partial charge in [-0.2, -0.15) is 0 Å². The molecule has 1 heterocycles. The van der Waals surface area contributed by atoms with Gasteiger partial charge in [-0.05, 0) is 43.3 Å². The van der Waals surface area contributed by atoms with E-state index < -0.39 is 24.5 Å². The van der Waals surface area contributed by atoms with Crippen molar-refractivity contribution in [3.8, 4) is 0 Å². The Bertz CT molecular complexity index is 677. The maximum Gasteiger partial charge on any atom is 0.355 e. The second kappa shape index (κ2) is 7.79. The molecule has 0 saturated heterocycles. The second-order valence-electron chi connectivity index (χ2n) is 4.51. The van der Waals surface area contributed by atoms with Gasteiger partial charge in [-0.25, -0.2) is 9.59 Å². The number of aromatic amines is 1. The van der Waals surface area contributed by atoms with Gasteiger partial charge in [0.25, 0.3) is 5.91 Å². The molecular weight excluding hydrogens is 300 g/mol. The third-order valence-corrected chi connectivity index (χ3v) is 2.83. The molecule has 1 amide bonds. The second-order valence-corrected chi connectivity index (χ2v) is 4.51. The van der Waals surface area contributed by atoms with Crippen molar-refractivity contribution in [3.63, 3.8) is 0 Å². The molecule has 0 bridgehead atoms. The highest BCUT2D eigenvalue weighted by molar-refractivity contribution is 5.95.